The molecule has 1 fully saturated rings. The molecule has 112 valence electrons. The van der Waals surface area contributed by atoms with Crippen LogP contribution in [0.2, 0.25) is 0 Å². The number of rotatable bonds is 6. The van der Waals surface area contributed by atoms with E-state index >= 15 is 0 Å². The lowest BCUT2D eigenvalue weighted by atomic mass is 9.83. The molecular weight excluding hydrogens is 254 g/mol. The lowest BCUT2D eigenvalue weighted by molar-refractivity contribution is 0.345. The summed E-state index contributed by atoms with van der Waals surface area (Å²) in [6.45, 7) is 5.18. The van der Waals surface area contributed by atoms with Gasteiger partial charge in [-0.2, -0.15) is 15.0 Å². The predicted octanol–water partition coefficient (Wildman–Crippen LogP) is 2.84. The first-order chi connectivity index (χ1) is 9.65. The second kappa shape index (κ2) is 6.72. The zero-order valence-corrected chi connectivity index (χ0v) is 12.7. The number of nitrogens with zero attached hydrogens (tertiary/aromatic N) is 3. The molecule has 20 heavy (non-hydrogen) atoms. The molecule has 0 unspecified atom stereocenters. The molecule has 1 saturated carbocycles. The van der Waals surface area contributed by atoms with Crippen LogP contribution in [0.15, 0.2) is 0 Å². The third-order valence-corrected chi connectivity index (χ3v) is 3.70. The molecule has 2 N–H and O–H groups in total. The number of nitrogens with one attached hydrogen (secondary N) is 2. The summed E-state index contributed by atoms with van der Waals surface area (Å²) in [5.74, 6) is 1.17. The molecule has 6 heteroatoms. The third kappa shape index (κ3) is 3.95. The first-order valence-electron chi connectivity index (χ1n) is 7.47. The molecule has 6 nitrogen and oxygen atoms in total. The molecule has 1 aliphatic carbocycles. The Morgan fingerprint density at radius 2 is 1.80 bits per heavy atom. The summed E-state index contributed by atoms with van der Waals surface area (Å²) >= 11 is 0. The van der Waals surface area contributed by atoms with Gasteiger partial charge in [0, 0.05) is 12.1 Å². The van der Waals surface area contributed by atoms with Crippen LogP contribution in [0.3, 0.4) is 0 Å². The Kier molecular flexibility index (Phi) is 4.98. The van der Waals surface area contributed by atoms with Gasteiger partial charge in [0.15, 0.2) is 0 Å². The minimum Gasteiger partial charge on any atom is -0.467 e. The number of methoxy groups -OCH3 is 1. The summed E-state index contributed by atoms with van der Waals surface area (Å²) in [5.41, 5.74) is 0.0760. The first kappa shape index (κ1) is 14.8. The highest BCUT2D eigenvalue weighted by molar-refractivity contribution is 5.38. The van der Waals surface area contributed by atoms with Crippen molar-refractivity contribution in [2.75, 3.05) is 24.3 Å². The normalized spacial score (nSPS) is 17.6. The topological polar surface area (TPSA) is 72.0 Å². The molecule has 0 aromatic carbocycles. The lowest BCUT2D eigenvalue weighted by Gasteiger charge is -2.34. The maximum atomic E-state index is 5.16. The SMILES string of the molecule is CCCNc1nc(NC2(C)CCCCC2)nc(OC)n1. The molecule has 0 saturated heterocycles. The summed E-state index contributed by atoms with van der Waals surface area (Å²) in [7, 11) is 1.57. The zero-order valence-electron chi connectivity index (χ0n) is 12.7. The number of aromatic nitrogens is 3. The highest BCUT2D eigenvalue weighted by atomic mass is 16.5. The van der Waals surface area contributed by atoms with E-state index in [0.29, 0.717) is 17.9 Å². The van der Waals surface area contributed by atoms with Gasteiger partial charge in [0.1, 0.15) is 0 Å². The average molecular weight is 279 g/mol. The van der Waals surface area contributed by atoms with Crippen LogP contribution in [0, 0.1) is 0 Å². The van der Waals surface area contributed by atoms with Gasteiger partial charge in [-0.25, -0.2) is 0 Å². The molecule has 0 atom stereocenters. The molecule has 0 aliphatic heterocycles. The van der Waals surface area contributed by atoms with Crippen LogP contribution in [-0.4, -0.2) is 34.1 Å². The fourth-order valence-electron chi connectivity index (χ4n) is 2.55. The molecular formula is C14H25N5O. The Labute approximate surface area is 120 Å². The predicted molar refractivity (Wildman–Crippen MR) is 80.3 cm³/mol. The van der Waals surface area contributed by atoms with E-state index in [1.54, 1.807) is 7.11 Å². The van der Waals surface area contributed by atoms with Gasteiger partial charge in [-0.05, 0) is 26.2 Å². The molecule has 1 aromatic heterocycles. The van der Waals surface area contributed by atoms with Crippen molar-refractivity contribution in [1.82, 2.24) is 15.0 Å². The third-order valence-electron chi connectivity index (χ3n) is 3.70. The van der Waals surface area contributed by atoms with Crippen LogP contribution in [0.4, 0.5) is 11.9 Å². The Morgan fingerprint density at radius 1 is 1.10 bits per heavy atom. The summed E-state index contributed by atoms with van der Waals surface area (Å²) in [6, 6.07) is 0.348. The molecule has 1 aromatic rings. The van der Waals surface area contributed by atoms with Gasteiger partial charge >= 0.3 is 6.01 Å². The van der Waals surface area contributed by atoms with Crippen LogP contribution in [0.1, 0.15) is 52.4 Å². The summed E-state index contributed by atoms with van der Waals surface area (Å²) in [6.07, 6.45) is 7.16. The van der Waals surface area contributed by atoms with Gasteiger partial charge in [-0.15, -0.1) is 0 Å². The Balaban J connectivity index is 2.12. The number of hydrogen-bond donors (Lipinski definition) is 2. The standard InChI is InChI=1S/C14H25N5O/c1-4-10-15-11-16-12(18-13(17-11)20-3)19-14(2)8-6-5-7-9-14/h4-10H2,1-3H3,(H2,15,16,17,18,19). The summed E-state index contributed by atoms with van der Waals surface area (Å²) in [5, 5.41) is 6.64. The maximum absolute atomic E-state index is 5.16. The van der Waals surface area contributed by atoms with Crippen molar-refractivity contribution < 1.29 is 4.74 Å². The molecule has 2 rings (SSSR count). The van der Waals surface area contributed by atoms with Crippen molar-refractivity contribution in [2.24, 2.45) is 0 Å². The van der Waals surface area contributed by atoms with Crippen LogP contribution in [0.25, 0.3) is 0 Å². The van der Waals surface area contributed by atoms with Crippen molar-refractivity contribution in [1.29, 1.82) is 0 Å². The van der Waals surface area contributed by atoms with Gasteiger partial charge in [-0.1, -0.05) is 26.2 Å². The van der Waals surface area contributed by atoms with E-state index in [0.717, 1.165) is 25.8 Å². The number of ether oxygens (including phenoxy) is 1. The lowest BCUT2D eigenvalue weighted by Crippen LogP contribution is -2.37. The van der Waals surface area contributed by atoms with Gasteiger partial charge in [-0.3, -0.25) is 0 Å². The van der Waals surface area contributed by atoms with E-state index in [9.17, 15) is 0 Å². The van der Waals surface area contributed by atoms with Gasteiger partial charge < -0.3 is 15.4 Å². The Bertz CT molecular complexity index is 432. The van der Waals surface area contributed by atoms with Crippen molar-refractivity contribution in [3.8, 4) is 6.01 Å². The first-order valence-corrected chi connectivity index (χ1v) is 7.47. The van der Waals surface area contributed by atoms with E-state index in [4.69, 9.17) is 4.74 Å². The van der Waals surface area contributed by atoms with Gasteiger partial charge in [0.2, 0.25) is 11.9 Å². The smallest absolute Gasteiger partial charge is 0.322 e. The zero-order chi connectivity index (χ0) is 14.4. The van der Waals surface area contributed by atoms with Crippen molar-refractivity contribution in [2.45, 2.75) is 57.9 Å². The molecule has 0 amide bonds. The van der Waals surface area contributed by atoms with Crippen LogP contribution < -0.4 is 15.4 Å². The highest BCUT2D eigenvalue weighted by Crippen LogP contribution is 2.30. The van der Waals surface area contributed by atoms with E-state index in [1.165, 1.54) is 19.3 Å². The van der Waals surface area contributed by atoms with Gasteiger partial charge in [0.25, 0.3) is 0 Å². The van der Waals surface area contributed by atoms with E-state index in [-0.39, 0.29) is 5.54 Å². The summed E-state index contributed by atoms with van der Waals surface area (Å²) in [4.78, 5) is 12.9. The highest BCUT2D eigenvalue weighted by Gasteiger charge is 2.27. The van der Waals surface area contributed by atoms with E-state index < -0.39 is 0 Å². The van der Waals surface area contributed by atoms with E-state index in [1.807, 2.05) is 0 Å². The van der Waals surface area contributed by atoms with Crippen molar-refractivity contribution in [3.63, 3.8) is 0 Å². The molecule has 0 spiro atoms. The molecule has 0 radical (unpaired) electrons. The second-order valence-electron chi connectivity index (χ2n) is 5.64. The largest absolute Gasteiger partial charge is 0.467 e. The minimum absolute atomic E-state index is 0.0760. The van der Waals surface area contributed by atoms with Crippen molar-refractivity contribution in [3.05, 3.63) is 0 Å². The Morgan fingerprint density at radius 3 is 2.45 bits per heavy atom. The molecule has 1 heterocycles. The quantitative estimate of drug-likeness (QED) is 0.834. The van der Waals surface area contributed by atoms with Crippen LogP contribution in [0.5, 0.6) is 6.01 Å². The molecule has 0 bridgehead atoms. The fourth-order valence-corrected chi connectivity index (χ4v) is 2.55. The minimum atomic E-state index is 0.0760. The summed E-state index contributed by atoms with van der Waals surface area (Å²) < 4.78 is 5.16. The monoisotopic (exact) mass is 279 g/mol. The van der Waals surface area contributed by atoms with E-state index in [2.05, 4.69) is 39.4 Å². The van der Waals surface area contributed by atoms with Crippen molar-refractivity contribution >= 4 is 11.9 Å². The molecule has 1 aliphatic rings. The second-order valence-corrected chi connectivity index (χ2v) is 5.64. The van der Waals surface area contributed by atoms with Crippen LogP contribution in [-0.2, 0) is 0 Å². The van der Waals surface area contributed by atoms with Crippen LogP contribution >= 0.6 is 0 Å². The fraction of sp³-hybridized carbons (Fsp3) is 0.786. The number of hydrogen-bond acceptors (Lipinski definition) is 6. The Hall–Kier alpha value is -1.59. The number of anilines is 2. The maximum Gasteiger partial charge on any atom is 0.322 e. The van der Waals surface area contributed by atoms with Gasteiger partial charge in [0.05, 0.1) is 7.11 Å². The average Bonchev–Trinajstić information content (AvgIpc) is 2.45.